The second-order valence-electron chi connectivity index (χ2n) is 15.0. The molecule has 0 atom stereocenters. The maximum absolute atomic E-state index is 12.4. The molecular formula is C42H29KN11NaO15S4+2. The number of benzene rings is 8. The Balaban J connectivity index is 0.00000446. The van der Waals surface area contributed by atoms with E-state index < -0.39 is 82.1 Å². The first kappa shape index (κ1) is 57.3. The van der Waals surface area contributed by atoms with Crippen LogP contribution < -0.4 is 92.4 Å². The van der Waals surface area contributed by atoms with Crippen LogP contribution in [0.4, 0.5) is 62.6 Å². The Kier molecular flexibility index (Phi) is 17.1. The van der Waals surface area contributed by atoms with Gasteiger partial charge in [-0.15, -0.1) is 40.9 Å². The summed E-state index contributed by atoms with van der Waals surface area (Å²) in [6, 6.07) is 24.2. The van der Waals surface area contributed by atoms with Crippen LogP contribution in [0.3, 0.4) is 0 Å². The number of phenolic OH excluding ortho intramolecular Hbond substituents is 1. The van der Waals surface area contributed by atoms with Gasteiger partial charge in [-0.05, 0) is 78.9 Å². The fourth-order valence-corrected chi connectivity index (χ4v) is 9.37. The summed E-state index contributed by atoms with van der Waals surface area (Å²) < 4.78 is 136. The largest absolute Gasteiger partial charge is 1.00 e. The number of hydrogen-bond acceptors (Lipinski definition) is 21. The van der Waals surface area contributed by atoms with E-state index in [9.17, 15) is 67.1 Å². The van der Waals surface area contributed by atoms with Gasteiger partial charge in [0.2, 0.25) is 0 Å². The molecule has 0 bridgehead atoms. The first-order chi connectivity index (χ1) is 33.8. The number of nitro benzene ring substituents is 1. The van der Waals surface area contributed by atoms with Crippen LogP contribution in [0.25, 0.3) is 32.3 Å². The Labute approximate surface area is 481 Å². The number of rotatable bonds is 13. The van der Waals surface area contributed by atoms with Gasteiger partial charge in [-0.3, -0.25) is 28.3 Å². The normalized spacial score (nSPS) is 12.6. The van der Waals surface area contributed by atoms with E-state index in [-0.39, 0.29) is 154 Å². The summed E-state index contributed by atoms with van der Waals surface area (Å²) in [6.07, 6.45) is 0. The Morgan fingerprint density at radius 3 is 1.35 bits per heavy atom. The summed E-state index contributed by atoms with van der Waals surface area (Å²) in [6.45, 7) is 0. The van der Waals surface area contributed by atoms with Crippen LogP contribution in [-0.4, -0.2) is 61.9 Å². The van der Waals surface area contributed by atoms with Crippen molar-refractivity contribution in [3.05, 3.63) is 131 Å². The zero-order chi connectivity index (χ0) is 52.1. The van der Waals surface area contributed by atoms with Gasteiger partial charge in [-0.1, -0.05) is 36.4 Å². The fraction of sp³-hybridized carbons (Fsp3) is 0. The van der Waals surface area contributed by atoms with Crippen LogP contribution in [-0.2, 0) is 40.5 Å². The van der Waals surface area contributed by atoms with E-state index in [1.54, 1.807) is 24.3 Å². The predicted octanol–water partition coefficient (Wildman–Crippen LogP) is 4.58. The van der Waals surface area contributed by atoms with E-state index in [0.717, 1.165) is 60.7 Å². The Bertz CT molecular complexity index is 4260. The number of nitrogens with two attached hydrogens (primary N) is 2. The molecule has 0 radical (unpaired) electrons. The minimum Gasteiger partial charge on any atom is -0.505 e. The Hall–Kier alpha value is -5.98. The molecule has 0 fully saturated rings. The topological polar surface area (TPSA) is 432 Å². The Morgan fingerprint density at radius 2 is 0.824 bits per heavy atom. The number of azo groups is 4. The quantitative estimate of drug-likeness (QED) is 0.0207. The van der Waals surface area contributed by atoms with Crippen molar-refractivity contribution in [1.82, 2.24) is 0 Å². The SMILES string of the molecule is Nc1cc(N)c([N+](=O)[O-])cc1N=Nc1ccc(S(=O)(=O)O)c2ccc(N=Nc3ccc(N=Nc4ccc(N=Nc5cc(S(=O)(=O)O)ccc5S(=O)(=O)O)c5ccccc45)c4ccc(S(=O)(=O)O)cc34)c(O)c12.[K+].[Na+]. The number of nitro groups is 1. The third kappa shape index (κ3) is 12.2. The number of aromatic hydroxyl groups is 1. The first-order valence-electron chi connectivity index (χ1n) is 19.7. The van der Waals surface area contributed by atoms with Crippen molar-refractivity contribution in [3.8, 4) is 5.75 Å². The second-order valence-corrected chi connectivity index (χ2v) is 20.6. The molecule has 8 rings (SSSR count). The van der Waals surface area contributed by atoms with Gasteiger partial charge >= 0.3 is 80.9 Å². The summed E-state index contributed by atoms with van der Waals surface area (Å²) in [7, 11) is -19.5. The van der Waals surface area contributed by atoms with Crippen molar-refractivity contribution in [2.75, 3.05) is 11.5 Å². The summed E-state index contributed by atoms with van der Waals surface area (Å²) >= 11 is 0. The monoisotopic (exact) mass is 1120 g/mol. The molecule has 8 aromatic carbocycles. The van der Waals surface area contributed by atoms with E-state index in [4.69, 9.17) is 11.5 Å². The molecule has 366 valence electrons. The molecule has 32 heteroatoms. The fourth-order valence-electron chi connectivity index (χ4n) is 7.08. The molecule has 9 N–H and O–H groups in total. The predicted molar refractivity (Wildman–Crippen MR) is 258 cm³/mol. The molecule has 0 unspecified atom stereocenters. The smallest absolute Gasteiger partial charge is 0.505 e. The van der Waals surface area contributed by atoms with Gasteiger partial charge in [0.15, 0.2) is 5.75 Å². The van der Waals surface area contributed by atoms with Crippen molar-refractivity contribution in [1.29, 1.82) is 0 Å². The maximum Gasteiger partial charge on any atom is 1.00 e. The van der Waals surface area contributed by atoms with Gasteiger partial charge in [-0.2, -0.15) is 33.7 Å². The molecule has 0 aromatic heterocycles. The second kappa shape index (κ2) is 22.1. The van der Waals surface area contributed by atoms with E-state index in [0.29, 0.717) is 16.8 Å². The number of hydrogen-bond donors (Lipinski definition) is 7. The standard InChI is InChI=1S/C42H29N11O15S4.K.Na/c43-28-19-29(44)38(53(55)56)20-36(28)51-49-34-14-16-39(71(63,64)65)26-8-9-35(42(54)41(26)34)50-48-33-13-12-32(25-7-5-21(17-27(25)33)69(57,58)59)46-45-30-10-11-31(24-4-2-1-3-23(24)30)47-52-37-18-22(70(60,61)62)6-15-40(37)72(66,67)68;;/h1-20,54H,43-44H2,(H,57,58,59)(H,60,61,62)(H,63,64,65)(H,66,67,68);;/q;2*+1. The Morgan fingerprint density at radius 1 is 0.419 bits per heavy atom. The number of anilines is 2. The van der Waals surface area contributed by atoms with E-state index >= 15 is 0 Å². The number of nitrogen functional groups attached to an aromatic ring is 2. The van der Waals surface area contributed by atoms with E-state index in [1.807, 2.05) is 0 Å². The van der Waals surface area contributed by atoms with Crippen LogP contribution >= 0.6 is 0 Å². The molecule has 0 amide bonds. The van der Waals surface area contributed by atoms with Gasteiger partial charge in [0, 0.05) is 33.0 Å². The summed E-state index contributed by atoms with van der Waals surface area (Å²) in [4.78, 5) is 7.98. The molecule has 8 aromatic rings. The van der Waals surface area contributed by atoms with Gasteiger partial charge < -0.3 is 16.6 Å². The van der Waals surface area contributed by atoms with Crippen LogP contribution in [0.1, 0.15) is 0 Å². The molecule has 0 heterocycles. The molecular weight excluding hydrogens is 1090 g/mol. The van der Waals surface area contributed by atoms with Crippen molar-refractivity contribution in [2.45, 2.75) is 19.6 Å². The van der Waals surface area contributed by atoms with Gasteiger partial charge in [-0.25, -0.2) is 0 Å². The molecule has 26 nitrogen and oxygen atoms in total. The zero-order valence-electron chi connectivity index (χ0n) is 37.7. The minimum atomic E-state index is -4.93. The third-order valence-corrected chi connectivity index (χ3v) is 13.9. The molecule has 0 saturated carbocycles. The van der Waals surface area contributed by atoms with E-state index in [2.05, 4.69) is 40.9 Å². The third-order valence-electron chi connectivity index (χ3n) is 10.4. The zero-order valence-corrected chi connectivity index (χ0v) is 46.1. The number of fused-ring (bicyclic) bond motifs is 3. The summed E-state index contributed by atoms with van der Waals surface area (Å²) in [5.41, 5.74) is 9.79. The van der Waals surface area contributed by atoms with Crippen molar-refractivity contribution in [3.63, 3.8) is 0 Å². The van der Waals surface area contributed by atoms with Crippen LogP contribution in [0.5, 0.6) is 5.75 Å². The number of phenols is 1. The van der Waals surface area contributed by atoms with Crippen molar-refractivity contribution >= 4 is 135 Å². The summed E-state index contributed by atoms with van der Waals surface area (Å²) in [5.74, 6) is -0.741. The van der Waals surface area contributed by atoms with Crippen LogP contribution in [0.15, 0.2) is 182 Å². The molecule has 0 aliphatic heterocycles. The minimum absolute atomic E-state index is 0. The first-order valence-corrected chi connectivity index (χ1v) is 25.5. The van der Waals surface area contributed by atoms with E-state index in [1.165, 1.54) is 30.3 Å². The van der Waals surface area contributed by atoms with Crippen LogP contribution in [0, 0.1) is 10.1 Å². The molecule has 0 saturated heterocycles. The molecule has 0 aliphatic carbocycles. The molecule has 0 spiro atoms. The van der Waals surface area contributed by atoms with Gasteiger partial charge in [0.05, 0.1) is 54.2 Å². The van der Waals surface area contributed by atoms with Crippen molar-refractivity contribution < 1.29 is 143 Å². The summed E-state index contributed by atoms with van der Waals surface area (Å²) in [5, 5.41) is 56.6. The molecule has 0 aliphatic rings. The average molecular weight is 1120 g/mol. The average Bonchev–Trinajstić information content (AvgIpc) is 3.30. The maximum atomic E-state index is 12.4. The van der Waals surface area contributed by atoms with Gasteiger partial charge in [0.25, 0.3) is 46.2 Å². The van der Waals surface area contributed by atoms with Crippen molar-refractivity contribution in [2.24, 2.45) is 40.9 Å². The van der Waals surface area contributed by atoms with Gasteiger partial charge in [0.1, 0.15) is 32.5 Å². The van der Waals surface area contributed by atoms with Crippen LogP contribution in [0.2, 0.25) is 0 Å². The molecule has 74 heavy (non-hydrogen) atoms. The number of nitrogens with zero attached hydrogens (tertiary/aromatic N) is 9.